The van der Waals surface area contributed by atoms with Gasteiger partial charge in [0.2, 0.25) is 0 Å². The Morgan fingerprint density at radius 2 is 2.00 bits per heavy atom. The van der Waals surface area contributed by atoms with Gasteiger partial charge in [0.05, 0.1) is 11.0 Å². The molecule has 1 aromatic carbocycles. The lowest BCUT2D eigenvalue weighted by Crippen LogP contribution is -2.22. The van der Waals surface area contributed by atoms with Crippen molar-refractivity contribution in [3.8, 4) is 0 Å². The molecule has 4 heteroatoms. The number of nitro benzene ring substituents is 1. The molecule has 4 nitrogen and oxygen atoms in total. The minimum atomic E-state index is -0.502. The molecule has 0 saturated carbocycles. The first kappa shape index (κ1) is 15.6. The Labute approximate surface area is 114 Å². The third kappa shape index (κ3) is 4.63. The smallest absolute Gasteiger partial charge is 0.272 e. The number of unbranched alkanes of at least 4 members (excludes halogenated alkanes) is 1. The van der Waals surface area contributed by atoms with Crippen LogP contribution in [0.25, 0.3) is 0 Å². The summed E-state index contributed by atoms with van der Waals surface area (Å²) in [5.74, 6) is 0.222. The second-order valence-electron chi connectivity index (χ2n) is 4.97. The summed E-state index contributed by atoms with van der Waals surface area (Å²) < 4.78 is 0. The summed E-state index contributed by atoms with van der Waals surface area (Å²) in [6.07, 6.45) is 3.94. The van der Waals surface area contributed by atoms with Crippen molar-refractivity contribution in [3.05, 3.63) is 39.9 Å². The molecule has 0 aliphatic carbocycles. The van der Waals surface area contributed by atoms with Crippen LogP contribution in [0.3, 0.4) is 0 Å². The highest BCUT2D eigenvalue weighted by molar-refractivity contribution is 5.40. The lowest BCUT2D eigenvalue weighted by molar-refractivity contribution is -0.385. The molecule has 0 amide bonds. The molecule has 0 aliphatic heterocycles. The van der Waals surface area contributed by atoms with E-state index < -0.39 is 6.10 Å². The van der Waals surface area contributed by atoms with Gasteiger partial charge >= 0.3 is 0 Å². The van der Waals surface area contributed by atoms with Gasteiger partial charge in [-0.15, -0.1) is 0 Å². The van der Waals surface area contributed by atoms with Crippen LogP contribution in [0.1, 0.15) is 45.1 Å². The Hall–Kier alpha value is -1.42. The lowest BCUT2D eigenvalue weighted by Gasteiger charge is -2.21. The molecule has 1 rings (SSSR count). The highest BCUT2D eigenvalue weighted by atomic mass is 16.6. The number of benzene rings is 1. The van der Waals surface area contributed by atoms with Crippen molar-refractivity contribution < 1.29 is 10.0 Å². The maximum Gasteiger partial charge on any atom is 0.272 e. The van der Waals surface area contributed by atoms with Crippen molar-refractivity contribution in [1.29, 1.82) is 0 Å². The highest BCUT2D eigenvalue weighted by Crippen LogP contribution is 2.24. The number of nitro groups is 1. The van der Waals surface area contributed by atoms with E-state index in [1.54, 1.807) is 18.2 Å². The summed E-state index contributed by atoms with van der Waals surface area (Å²) in [7, 11) is 0. The first-order valence-electron chi connectivity index (χ1n) is 7.00. The number of nitrogens with zero attached hydrogens (tertiary/aromatic N) is 1. The number of hydrogen-bond donors (Lipinski definition) is 1. The first-order valence-corrected chi connectivity index (χ1v) is 7.00. The minimum absolute atomic E-state index is 0.104. The van der Waals surface area contributed by atoms with Crippen LogP contribution in [0.5, 0.6) is 0 Å². The van der Waals surface area contributed by atoms with Crippen LogP contribution in [-0.4, -0.2) is 16.1 Å². The lowest BCUT2D eigenvalue weighted by atomic mass is 9.89. The van der Waals surface area contributed by atoms with Crippen LogP contribution in [-0.2, 0) is 6.42 Å². The summed E-state index contributed by atoms with van der Waals surface area (Å²) in [5.41, 5.74) is 0.724. The molecular formula is C15H23NO3. The maximum atomic E-state index is 10.9. The van der Waals surface area contributed by atoms with E-state index in [2.05, 4.69) is 13.8 Å². The first-order chi connectivity index (χ1) is 9.10. The number of rotatable bonds is 8. The molecule has 0 spiro atoms. The molecule has 0 aromatic heterocycles. The zero-order valence-corrected chi connectivity index (χ0v) is 11.7. The average molecular weight is 265 g/mol. The third-order valence-electron chi connectivity index (χ3n) is 3.61. The predicted molar refractivity (Wildman–Crippen MR) is 76.1 cm³/mol. The fourth-order valence-electron chi connectivity index (χ4n) is 2.39. The summed E-state index contributed by atoms with van der Waals surface area (Å²) in [6.45, 7) is 4.18. The van der Waals surface area contributed by atoms with E-state index in [1.807, 2.05) is 0 Å². The molecular weight excluding hydrogens is 242 g/mol. The molecule has 2 unspecified atom stereocenters. The van der Waals surface area contributed by atoms with Crippen molar-refractivity contribution in [3.63, 3.8) is 0 Å². The molecule has 0 bridgehead atoms. The molecule has 0 radical (unpaired) electrons. The second kappa shape index (κ2) is 7.89. The topological polar surface area (TPSA) is 63.4 Å². The zero-order chi connectivity index (χ0) is 14.3. The van der Waals surface area contributed by atoms with Gasteiger partial charge in [-0.25, -0.2) is 0 Å². The van der Waals surface area contributed by atoms with Crippen LogP contribution >= 0.6 is 0 Å². The number of aliphatic hydroxyl groups excluding tert-OH is 1. The molecule has 1 aromatic rings. The fourth-order valence-corrected chi connectivity index (χ4v) is 2.39. The van der Waals surface area contributed by atoms with Gasteiger partial charge in [0.15, 0.2) is 0 Å². The minimum Gasteiger partial charge on any atom is -0.392 e. The fraction of sp³-hybridized carbons (Fsp3) is 0.600. The summed E-state index contributed by atoms with van der Waals surface area (Å²) >= 11 is 0. The van der Waals surface area contributed by atoms with Gasteiger partial charge in [-0.2, -0.15) is 0 Å². The van der Waals surface area contributed by atoms with E-state index in [-0.39, 0.29) is 16.5 Å². The van der Waals surface area contributed by atoms with E-state index in [9.17, 15) is 15.2 Å². The summed E-state index contributed by atoms with van der Waals surface area (Å²) in [5, 5.41) is 21.2. The molecule has 106 valence electrons. The van der Waals surface area contributed by atoms with E-state index >= 15 is 0 Å². The van der Waals surface area contributed by atoms with Crippen LogP contribution in [0.2, 0.25) is 0 Å². The number of para-hydroxylation sites is 1. The van der Waals surface area contributed by atoms with Crippen molar-refractivity contribution in [2.24, 2.45) is 5.92 Å². The largest absolute Gasteiger partial charge is 0.392 e. The molecule has 19 heavy (non-hydrogen) atoms. The Bertz CT molecular complexity index is 406. The highest BCUT2D eigenvalue weighted by Gasteiger charge is 2.21. The SMILES string of the molecule is CCCCC(CC)C(O)Cc1ccccc1[N+](=O)[O-]. The van der Waals surface area contributed by atoms with E-state index in [0.29, 0.717) is 12.0 Å². The van der Waals surface area contributed by atoms with E-state index in [1.165, 1.54) is 6.07 Å². The molecule has 0 aliphatic rings. The average Bonchev–Trinajstić information content (AvgIpc) is 2.40. The third-order valence-corrected chi connectivity index (χ3v) is 3.61. The summed E-state index contributed by atoms with van der Waals surface area (Å²) in [6, 6.07) is 6.66. The number of aliphatic hydroxyl groups is 1. The maximum absolute atomic E-state index is 10.9. The van der Waals surface area contributed by atoms with Gasteiger partial charge in [-0.1, -0.05) is 51.3 Å². The molecule has 2 atom stereocenters. The molecule has 0 heterocycles. The van der Waals surface area contributed by atoms with Gasteiger partial charge in [0.25, 0.3) is 5.69 Å². The van der Waals surface area contributed by atoms with Gasteiger partial charge in [0.1, 0.15) is 0 Å². The van der Waals surface area contributed by atoms with Crippen LogP contribution < -0.4 is 0 Å². The Balaban J connectivity index is 2.75. The molecule has 0 saturated heterocycles. The standard InChI is InChI=1S/C15H23NO3/c1-3-5-8-12(4-2)15(17)11-13-9-6-7-10-14(13)16(18)19/h6-7,9-10,12,15,17H,3-5,8,11H2,1-2H3. The predicted octanol–water partition coefficient (Wildman–Crippen LogP) is 3.71. The van der Waals surface area contributed by atoms with Crippen molar-refractivity contribution in [2.45, 2.75) is 52.1 Å². The zero-order valence-electron chi connectivity index (χ0n) is 11.7. The number of hydrogen-bond acceptors (Lipinski definition) is 3. The Kier molecular flexibility index (Phi) is 6.50. The van der Waals surface area contributed by atoms with E-state index in [4.69, 9.17) is 0 Å². The van der Waals surface area contributed by atoms with Gasteiger partial charge in [-0.3, -0.25) is 10.1 Å². The van der Waals surface area contributed by atoms with Crippen molar-refractivity contribution in [2.75, 3.05) is 0 Å². The van der Waals surface area contributed by atoms with Gasteiger partial charge in [-0.05, 0) is 12.3 Å². The Morgan fingerprint density at radius 3 is 2.58 bits per heavy atom. The monoisotopic (exact) mass is 265 g/mol. The Morgan fingerprint density at radius 1 is 1.32 bits per heavy atom. The van der Waals surface area contributed by atoms with Gasteiger partial charge < -0.3 is 5.11 Å². The second-order valence-corrected chi connectivity index (χ2v) is 4.97. The van der Waals surface area contributed by atoms with E-state index in [0.717, 1.165) is 25.7 Å². The van der Waals surface area contributed by atoms with Crippen LogP contribution in [0, 0.1) is 16.0 Å². The summed E-state index contributed by atoms with van der Waals surface area (Å²) in [4.78, 5) is 10.6. The van der Waals surface area contributed by atoms with Gasteiger partial charge in [0, 0.05) is 18.1 Å². The molecule has 0 fully saturated rings. The van der Waals surface area contributed by atoms with Crippen LogP contribution in [0.15, 0.2) is 24.3 Å². The van der Waals surface area contributed by atoms with Crippen molar-refractivity contribution >= 4 is 5.69 Å². The quantitative estimate of drug-likeness (QED) is 0.575. The molecule has 1 N–H and O–H groups in total. The van der Waals surface area contributed by atoms with Crippen LogP contribution in [0.4, 0.5) is 5.69 Å². The normalized spacial score (nSPS) is 14.1. The van der Waals surface area contributed by atoms with Crippen molar-refractivity contribution in [1.82, 2.24) is 0 Å².